The van der Waals surface area contributed by atoms with Crippen LogP contribution in [0.1, 0.15) is 54.0 Å². The second kappa shape index (κ2) is 10.5. The molecule has 6 heteroatoms. The maximum Gasteiger partial charge on any atom is 0.269 e. The number of nitrogens with zero attached hydrogens (tertiary/aromatic N) is 1. The van der Waals surface area contributed by atoms with E-state index < -0.39 is 0 Å². The van der Waals surface area contributed by atoms with E-state index in [0.717, 1.165) is 24.3 Å². The molecule has 2 rings (SSSR count). The van der Waals surface area contributed by atoms with Gasteiger partial charge in [-0.3, -0.25) is 20.4 Å². The number of hydrogen-bond donors (Lipinski definition) is 2. The molecule has 28 heavy (non-hydrogen) atoms. The zero-order chi connectivity index (χ0) is 20.5. The lowest BCUT2D eigenvalue weighted by molar-refractivity contribution is 0.0656. The Morgan fingerprint density at radius 2 is 1.32 bits per heavy atom. The van der Waals surface area contributed by atoms with E-state index in [1.54, 1.807) is 24.3 Å². The van der Waals surface area contributed by atoms with Crippen LogP contribution in [0.3, 0.4) is 0 Å². The van der Waals surface area contributed by atoms with Crippen molar-refractivity contribution in [1.29, 1.82) is 0 Å². The number of hydrogen-bond acceptors (Lipinski definition) is 4. The molecule has 6 nitrogen and oxygen atoms in total. The maximum absolute atomic E-state index is 12.2. The molecule has 150 valence electrons. The first-order valence-corrected chi connectivity index (χ1v) is 9.60. The third kappa shape index (κ3) is 6.09. The third-order valence-electron chi connectivity index (χ3n) is 4.35. The van der Waals surface area contributed by atoms with E-state index in [2.05, 4.69) is 29.6 Å². The fraction of sp³-hybridized carbons (Fsp3) is 0.364. The van der Waals surface area contributed by atoms with Gasteiger partial charge in [-0.1, -0.05) is 12.1 Å². The molecule has 2 amide bonds. The zero-order valence-electron chi connectivity index (χ0n) is 17.0. The summed E-state index contributed by atoms with van der Waals surface area (Å²) in [4.78, 5) is 26.7. The van der Waals surface area contributed by atoms with Crippen molar-refractivity contribution in [2.75, 3.05) is 18.0 Å². The lowest BCUT2D eigenvalue weighted by Crippen LogP contribution is -2.41. The topological polar surface area (TPSA) is 70.7 Å². The van der Waals surface area contributed by atoms with Gasteiger partial charge in [0.2, 0.25) is 0 Å². The maximum atomic E-state index is 12.2. The lowest BCUT2D eigenvalue weighted by Gasteiger charge is -2.21. The number of amides is 2. The fourth-order valence-corrected chi connectivity index (χ4v) is 2.69. The molecule has 2 N–H and O–H groups in total. The smallest absolute Gasteiger partial charge is 0.269 e. The molecule has 0 bridgehead atoms. The highest BCUT2D eigenvalue weighted by Gasteiger charge is 2.10. The summed E-state index contributed by atoms with van der Waals surface area (Å²) in [5.74, 6) is -0.731. The van der Waals surface area contributed by atoms with Crippen LogP contribution < -0.4 is 15.8 Å². The largest absolute Gasteiger partial charge is 0.374 e. The first-order valence-electron chi connectivity index (χ1n) is 9.60. The van der Waals surface area contributed by atoms with Crippen molar-refractivity contribution >= 4 is 17.5 Å². The monoisotopic (exact) mass is 383 g/mol. The van der Waals surface area contributed by atoms with E-state index >= 15 is 0 Å². The summed E-state index contributed by atoms with van der Waals surface area (Å²) in [5.41, 5.74) is 7.90. The van der Waals surface area contributed by atoms with Crippen LogP contribution in [0.2, 0.25) is 0 Å². The minimum Gasteiger partial charge on any atom is -0.374 e. The highest BCUT2D eigenvalue weighted by Crippen LogP contribution is 2.14. The van der Waals surface area contributed by atoms with Gasteiger partial charge in [0.05, 0.1) is 12.7 Å². The Morgan fingerprint density at radius 1 is 0.857 bits per heavy atom. The van der Waals surface area contributed by atoms with E-state index in [9.17, 15) is 9.59 Å². The Morgan fingerprint density at radius 3 is 1.75 bits per heavy atom. The van der Waals surface area contributed by atoms with E-state index in [0.29, 0.717) is 17.7 Å². The number of ether oxygens (including phenoxy) is 1. The Balaban J connectivity index is 1.88. The van der Waals surface area contributed by atoms with Crippen molar-refractivity contribution in [3.05, 3.63) is 65.2 Å². The van der Waals surface area contributed by atoms with Gasteiger partial charge in [-0.05, 0) is 69.7 Å². The molecule has 2 aromatic carbocycles. The molecule has 0 unspecified atom stereocenters. The lowest BCUT2D eigenvalue weighted by atomic mass is 10.1. The van der Waals surface area contributed by atoms with Gasteiger partial charge >= 0.3 is 0 Å². The van der Waals surface area contributed by atoms with Crippen molar-refractivity contribution < 1.29 is 14.3 Å². The van der Waals surface area contributed by atoms with Gasteiger partial charge in [0.1, 0.15) is 0 Å². The minimum absolute atomic E-state index is 0.152. The number of benzene rings is 2. The van der Waals surface area contributed by atoms with Crippen molar-refractivity contribution in [2.24, 2.45) is 0 Å². The van der Waals surface area contributed by atoms with Gasteiger partial charge in [0.25, 0.3) is 11.8 Å². The van der Waals surface area contributed by atoms with Crippen LogP contribution in [-0.4, -0.2) is 31.0 Å². The molecule has 0 aliphatic heterocycles. The van der Waals surface area contributed by atoms with Crippen LogP contribution in [0, 0.1) is 0 Å². The summed E-state index contributed by atoms with van der Waals surface area (Å²) in [7, 11) is 0. The number of rotatable bonds is 8. The summed E-state index contributed by atoms with van der Waals surface area (Å²) in [6.45, 7) is 10.4. The fourth-order valence-electron chi connectivity index (χ4n) is 2.69. The quantitative estimate of drug-likeness (QED) is 0.684. The minimum atomic E-state index is -0.371. The second-order valence-corrected chi connectivity index (χ2v) is 6.68. The Bertz CT molecular complexity index is 767. The van der Waals surface area contributed by atoms with E-state index in [1.807, 2.05) is 38.1 Å². The third-order valence-corrected chi connectivity index (χ3v) is 4.35. The van der Waals surface area contributed by atoms with Gasteiger partial charge < -0.3 is 9.64 Å². The molecule has 0 aliphatic carbocycles. The summed E-state index contributed by atoms with van der Waals surface area (Å²) in [5, 5.41) is 0. The molecule has 0 heterocycles. The molecule has 0 aliphatic rings. The number of hydrazine groups is 1. The Labute approximate surface area is 166 Å². The summed E-state index contributed by atoms with van der Waals surface area (Å²) >= 11 is 0. The van der Waals surface area contributed by atoms with Crippen molar-refractivity contribution in [1.82, 2.24) is 10.9 Å². The molecule has 0 radical (unpaired) electrons. The van der Waals surface area contributed by atoms with Gasteiger partial charge in [0.15, 0.2) is 0 Å². The highest BCUT2D eigenvalue weighted by atomic mass is 16.5. The first-order chi connectivity index (χ1) is 13.4. The molecule has 2 aromatic rings. The van der Waals surface area contributed by atoms with Crippen molar-refractivity contribution in [3.8, 4) is 0 Å². The molecule has 0 saturated carbocycles. The Hall–Kier alpha value is -2.86. The summed E-state index contributed by atoms with van der Waals surface area (Å²) < 4.78 is 5.53. The predicted octanol–water partition coefficient (Wildman–Crippen LogP) is 3.53. The van der Waals surface area contributed by atoms with Crippen LogP contribution in [0.25, 0.3) is 0 Å². The molecule has 0 aromatic heterocycles. The molecule has 0 saturated heterocycles. The number of anilines is 1. The second-order valence-electron chi connectivity index (χ2n) is 6.68. The average Bonchev–Trinajstić information content (AvgIpc) is 2.72. The van der Waals surface area contributed by atoms with Gasteiger partial charge in [-0.2, -0.15) is 0 Å². The van der Waals surface area contributed by atoms with Crippen LogP contribution in [0.5, 0.6) is 0 Å². The van der Waals surface area contributed by atoms with Crippen LogP contribution in [-0.2, 0) is 11.3 Å². The van der Waals surface area contributed by atoms with Crippen molar-refractivity contribution in [2.45, 2.75) is 40.4 Å². The standard InChI is InChI=1S/C22H29N3O3/c1-5-25(6-2)20-13-11-19(12-14-20)22(27)24-23-21(26)18-9-7-17(8-10-18)15-28-16(3)4/h7-14,16H,5-6,15H2,1-4H3,(H,23,26)(H,24,27). The number of carbonyl (C=O) groups is 2. The van der Waals surface area contributed by atoms with Gasteiger partial charge in [-0.15, -0.1) is 0 Å². The molecule has 0 fully saturated rings. The summed E-state index contributed by atoms with van der Waals surface area (Å²) in [6, 6.07) is 14.4. The van der Waals surface area contributed by atoms with Crippen molar-refractivity contribution in [3.63, 3.8) is 0 Å². The molecular formula is C22H29N3O3. The Kier molecular flexibility index (Phi) is 8.02. The predicted molar refractivity (Wildman–Crippen MR) is 111 cm³/mol. The van der Waals surface area contributed by atoms with Crippen LogP contribution in [0.15, 0.2) is 48.5 Å². The zero-order valence-corrected chi connectivity index (χ0v) is 17.0. The van der Waals surface area contributed by atoms with E-state index in [-0.39, 0.29) is 17.9 Å². The SMILES string of the molecule is CCN(CC)c1ccc(C(=O)NNC(=O)c2ccc(COC(C)C)cc2)cc1. The average molecular weight is 383 g/mol. The summed E-state index contributed by atoms with van der Waals surface area (Å²) in [6.07, 6.45) is 0.152. The highest BCUT2D eigenvalue weighted by molar-refractivity contribution is 5.99. The molecule has 0 atom stereocenters. The normalized spacial score (nSPS) is 10.6. The van der Waals surface area contributed by atoms with Gasteiger partial charge in [-0.25, -0.2) is 0 Å². The van der Waals surface area contributed by atoms with Crippen LogP contribution >= 0.6 is 0 Å². The van der Waals surface area contributed by atoms with E-state index in [4.69, 9.17) is 4.74 Å². The van der Waals surface area contributed by atoms with Gasteiger partial charge in [0, 0.05) is 29.9 Å². The van der Waals surface area contributed by atoms with E-state index in [1.165, 1.54) is 0 Å². The number of nitrogens with one attached hydrogen (secondary N) is 2. The van der Waals surface area contributed by atoms with Crippen LogP contribution in [0.4, 0.5) is 5.69 Å². The first kappa shape index (κ1) is 21.4. The number of carbonyl (C=O) groups excluding carboxylic acids is 2. The molecule has 0 spiro atoms. The molecular weight excluding hydrogens is 354 g/mol.